The van der Waals surface area contributed by atoms with Crippen molar-refractivity contribution in [3.8, 4) is 0 Å². The molecule has 0 aliphatic heterocycles. The second-order valence-corrected chi connectivity index (χ2v) is 11.4. The van der Waals surface area contributed by atoms with E-state index in [0.29, 0.717) is 23.6 Å². The van der Waals surface area contributed by atoms with Crippen LogP contribution in [0.4, 0.5) is 28.8 Å². The largest absolute Gasteiger partial charge is 0.338 e. The third-order valence-electron chi connectivity index (χ3n) is 5.45. The van der Waals surface area contributed by atoms with E-state index in [4.69, 9.17) is 11.6 Å². The molecular formula is C26H26ClN7O3S. The summed E-state index contributed by atoms with van der Waals surface area (Å²) in [5.41, 5.74) is 2.68. The number of benzene rings is 2. The van der Waals surface area contributed by atoms with Crippen LogP contribution in [0.25, 0.3) is 0 Å². The summed E-state index contributed by atoms with van der Waals surface area (Å²) in [7, 11) is -3.53. The Morgan fingerprint density at radius 3 is 2.53 bits per heavy atom. The van der Waals surface area contributed by atoms with Gasteiger partial charge in [0.2, 0.25) is 11.9 Å². The van der Waals surface area contributed by atoms with E-state index in [1.54, 1.807) is 67.3 Å². The lowest BCUT2D eigenvalue weighted by Gasteiger charge is -2.15. The van der Waals surface area contributed by atoms with Crippen molar-refractivity contribution in [3.63, 3.8) is 0 Å². The SMILES string of the molecule is C=CC(=O)Nc1ccc(Cn2cc(Nc3ncc(Cl)c(Nc4ccccc4S(=O)(=O)C(C)C)n3)cn2)cc1. The number of aromatic nitrogens is 4. The van der Waals surface area contributed by atoms with Crippen molar-refractivity contribution in [1.82, 2.24) is 19.7 Å². The molecule has 0 spiro atoms. The molecule has 2 aromatic heterocycles. The molecule has 0 saturated carbocycles. The van der Waals surface area contributed by atoms with Gasteiger partial charge in [-0.25, -0.2) is 13.4 Å². The molecule has 0 atom stereocenters. The predicted molar refractivity (Wildman–Crippen MR) is 149 cm³/mol. The van der Waals surface area contributed by atoms with Crippen molar-refractivity contribution in [1.29, 1.82) is 0 Å². The molecule has 12 heteroatoms. The fraction of sp³-hybridized carbons (Fsp3) is 0.154. The molecule has 3 N–H and O–H groups in total. The van der Waals surface area contributed by atoms with Crippen LogP contribution in [-0.4, -0.2) is 39.3 Å². The average molecular weight is 552 g/mol. The molecular weight excluding hydrogens is 526 g/mol. The Morgan fingerprint density at radius 1 is 1.08 bits per heavy atom. The van der Waals surface area contributed by atoms with Crippen LogP contribution in [0, 0.1) is 0 Å². The highest BCUT2D eigenvalue weighted by atomic mass is 35.5. The number of para-hydroxylation sites is 1. The molecule has 4 aromatic rings. The zero-order valence-corrected chi connectivity index (χ0v) is 22.3. The Balaban J connectivity index is 1.47. The minimum Gasteiger partial charge on any atom is -0.338 e. The molecule has 2 aromatic carbocycles. The van der Waals surface area contributed by atoms with Gasteiger partial charge in [-0.15, -0.1) is 0 Å². The summed E-state index contributed by atoms with van der Waals surface area (Å²) in [6.07, 6.45) is 6.07. The average Bonchev–Trinajstić information content (AvgIpc) is 3.33. The molecule has 38 heavy (non-hydrogen) atoms. The minimum atomic E-state index is -3.53. The zero-order chi connectivity index (χ0) is 27.3. The number of amides is 1. The molecule has 0 aliphatic carbocycles. The molecule has 2 heterocycles. The topological polar surface area (TPSA) is 131 Å². The summed E-state index contributed by atoms with van der Waals surface area (Å²) in [6.45, 7) is 7.20. The van der Waals surface area contributed by atoms with Gasteiger partial charge in [-0.3, -0.25) is 9.48 Å². The first-order valence-electron chi connectivity index (χ1n) is 11.6. The van der Waals surface area contributed by atoms with E-state index in [2.05, 4.69) is 37.6 Å². The molecule has 10 nitrogen and oxygen atoms in total. The van der Waals surface area contributed by atoms with Crippen LogP contribution < -0.4 is 16.0 Å². The molecule has 0 fully saturated rings. The van der Waals surface area contributed by atoms with Crippen LogP contribution in [0.15, 0.2) is 84.7 Å². The minimum absolute atomic E-state index is 0.164. The number of rotatable bonds is 10. The summed E-state index contributed by atoms with van der Waals surface area (Å²) in [4.78, 5) is 20.2. The molecule has 0 radical (unpaired) electrons. The highest BCUT2D eigenvalue weighted by Gasteiger charge is 2.23. The van der Waals surface area contributed by atoms with E-state index >= 15 is 0 Å². The van der Waals surface area contributed by atoms with E-state index in [9.17, 15) is 13.2 Å². The first-order valence-corrected chi connectivity index (χ1v) is 13.5. The number of hydrogen-bond donors (Lipinski definition) is 3. The maximum absolute atomic E-state index is 12.8. The normalized spacial score (nSPS) is 11.3. The van der Waals surface area contributed by atoms with Crippen LogP contribution in [-0.2, 0) is 21.2 Å². The third kappa shape index (κ3) is 6.36. The highest BCUT2D eigenvalue weighted by molar-refractivity contribution is 7.92. The number of carbonyl (C=O) groups is 1. The molecule has 0 bridgehead atoms. The lowest BCUT2D eigenvalue weighted by molar-refractivity contribution is -0.111. The van der Waals surface area contributed by atoms with Gasteiger partial charge < -0.3 is 16.0 Å². The Labute approximate surface area is 225 Å². The summed E-state index contributed by atoms with van der Waals surface area (Å²) in [5.74, 6) is 0.239. The van der Waals surface area contributed by atoms with Gasteiger partial charge in [0.15, 0.2) is 15.7 Å². The van der Waals surface area contributed by atoms with Crippen LogP contribution in [0.1, 0.15) is 19.4 Å². The monoisotopic (exact) mass is 551 g/mol. The Hall–Kier alpha value is -4.22. The summed E-state index contributed by atoms with van der Waals surface area (Å²) in [6, 6.07) is 14.0. The lowest BCUT2D eigenvalue weighted by Crippen LogP contribution is -2.15. The van der Waals surface area contributed by atoms with Crippen molar-refractivity contribution in [3.05, 3.63) is 90.4 Å². The number of sulfone groups is 1. The second-order valence-electron chi connectivity index (χ2n) is 8.55. The van der Waals surface area contributed by atoms with E-state index in [-0.39, 0.29) is 27.6 Å². The lowest BCUT2D eigenvalue weighted by atomic mass is 10.2. The second kappa shape index (κ2) is 11.4. The van der Waals surface area contributed by atoms with E-state index < -0.39 is 15.1 Å². The predicted octanol–water partition coefficient (Wildman–Crippen LogP) is 5.17. The van der Waals surface area contributed by atoms with Crippen molar-refractivity contribution in [2.24, 2.45) is 0 Å². The van der Waals surface area contributed by atoms with Gasteiger partial charge in [0, 0.05) is 11.9 Å². The van der Waals surface area contributed by atoms with Crippen LogP contribution >= 0.6 is 11.6 Å². The Bertz CT molecular complexity index is 1570. The van der Waals surface area contributed by atoms with Gasteiger partial charge in [-0.2, -0.15) is 10.1 Å². The number of anilines is 5. The smallest absolute Gasteiger partial charge is 0.247 e. The molecule has 196 valence electrons. The number of carbonyl (C=O) groups excluding carboxylic acids is 1. The number of halogens is 1. The van der Waals surface area contributed by atoms with Gasteiger partial charge in [0.1, 0.15) is 5.02 Å². The van der Waals surface area contributed by atoms with Gasteiger partial charge in [-0.05, 0) is 49.8 Å². The van der Waals surface area contributed by atoms with Crippen LogP contribution in [0.2, 0.25) is 5.02 Å². The maximum atomic E-state index is 12.8. The number of nitrogens with one attached hydrogen (secondary N) is 3. The molecule has 0 unspecified atom stereocenters. The number of hydrogen-bond acceptors (Lipinski definition) is 8. The Kier molecular flexibility index (Phi) is 8.08. The third-order valence-corrected chi connectivity index (χ3v) is 7.94. The summed E-state index contributed by atoms with van der Waals surface area (Å²) >= 11 is 6.31. The van der Waals surface area contributed by atoms with Crippen LogP contribution in [0.3, 0.4) is 0 Å². The zero-order valence-electron chi connectivity index (χ0n) is 20.7. The first kappa shape index (κ1) is 26.8. The highest BCUT2D eigenvalue weighted by Crippen LogP contribution is 2.30. The molecule has 4 rings (SSSR count). The van der Waals surface area contributed by atoms with Gasteiger partial charge in [-0.1, -0.05) is 42.4 Å². The van der Waals surface area contributed by atoms with Gasteiger partial charge in [0.25, 0.3) is 0 Å². The molecule has 0 saturated heterocycles. The fourth-order valence-corrected chi connectivity index (χ4v) is 4.77. The van der Waals surface area contributed by atoms with Crippen molar-refractivity contribution in [2.45, 2.75) is 30.5 Å². The van der Waals surface area contributed by atoms with Gasteiger partial charge >= 0.3 is 0 Å². The fourth-order valence-electron chi connectivity index (χ4n) is 3.43. The Morgan fingerprint density at radius 2 is 1.82 bits per heavy atom. The van der Waals surface area contributed by atoms with E-state index in [1.165, 1.54) is 12.3 Å². The van der Waals surface area contributed by atoms with Crippen molar-refractivity contribution in [2.75, 3.05) is 16.0 Å². The van der Waals surface area contributed by atoms with Crippen molar-refractivity contribution >= 4 is 56.2 Å². The van der Waals surface area contributed by atoms with Crippen LogP contribution in [0.5, 0.6) is 0 Å². The standard InChI is InChI=1S/C26H26ClN7O3S/c1-4-24(35)30-19-11-9-18(10-12-19)15-34-16-20(13-29-34)31-26-28-14-21(27)25(33-26)32-22-7-5-6-8-23(22)38(36,37)17(2)3/h4-14,16-17H,1,15H2,2-3H3,(H,30,35)(H2,28,31,32,33). The summed E-state index contributed by atoms with van der Waals surface area (Å²) in [5, 5.41) is 12.8. The first-order chi connectivity index (χ1) is 18.2. The maximum Gasteiger partial charge on any atom is 0.247 e. The molecule has 0 aliphatic rings. The van der Waals surface area contributed by atoms with E-state index in [0.717, 1.165) is 5.56 Å². The summed E-state index contributed by atoms with van der Waals surface area (Å²) < 4.78 is 27.3. The quantitative estimate of drug-likeness (QED) is 0.230. The van der Waals surface area contributed by atoms with E-state index in [1.807, 2.05) is 12.1 Å². The van der Waals surface area contributed by atoms with Gasteiger partial charge in [0.05, 0.1) is 40.5 Å². The number of nitrogens with zero attached hydrogens (tertiary/aromatic N) is 4. The molecule has 1 amide bonds. The van der Waals surface area contributed by atoms with Crippen molar-refractivity contribution < 1.29 is 13.2 Å².